The summed E-state index contributed by atoms with van der Waals surface area (Å²) in [5.41, 5.74) is 3.81. The predicted molar refractivity (Wildman–Crippen MR) is 140 cm³/mol. The number of nitrogens with zero attached hydrogens (tertiary/aromatic N) is 2. The van der Waals surface area contributed by atoms with Crippen molar-refractivity contribution in [1.29, 1.82) is 0 Å². The van der Waals surface area contributed by atoms with E-state index in [0.29, 0.717) is 11.4 Å². The lowest BCUT2D eigenvalue weighted by molar-refractivity contribution is -0.113. The van der Waals surface area contributed by atoms with E-state index in [1.807, 2.05) is 43.1 Å². The number of anilines is 2. The maximum Gasteiger partial charge on any atom is 0.264 e. The van der Waals surface area contributed by atoms with Crippen molar-refractivity contribution in [2.24, 2.45) is 0 Å². The fourth-order valence-electron chi connectivity index (χ4n) is 4.57. The summed E-state index contributed by atoms with van der Waals surface area (Å²) in [4.78, 5) is 15.5. The summed E-state index contributed by atoms with van der Waals surface area (Å²) >= 11 is 0. The Hall–Kier alpha value is -3.58. The second-order valence-corrected chi connectivity index (χ2v) is 11.1. The fourth-order valence-corrected chi connectivity index (χ4v) is 6.10. The third kappa shape index (κ3) is 4.56. The Labute approximate surface area is 207 Å². The van der Waals surface area contributed by atoms with Crippen LogP contribution in [-0.2, 0) is 20.2 Å². The van der Waals surface area contributed by atoms with Gasteiger partial charge in [-0.05, 0) is 60.5 Å². The molecule has 0 N–H and O–H groups in total. The molecule has 4 rings (SSSR count). The largest absolute Gasteiger partial charge is 0.497 e. The number of allylic oxidation sites excluding steroid dienone is 1. The highest BCUT2D eigenvalue weighted by Crippen LogP contribution is 2.46. The van der Waals surface area contributed by atoms with E-state index in [1.54, 1.807) is 55.7 Å². The van der Waals surface area contributed by atoms with Gasteiger partial charge in [-0.25, -0.2) is 8.42 Å². The van der Waals surface area contributed by atoms with Crippen molar-refractivity contribution in [3.8, 4) is 5.75 Å². The number of fused-ring (bicyclic) bond motifs is 1. The Morgan fingerprint density at radius 1 is 1.03 bits per heavy atom. The molecule has 0 saturated heterocycles. The molecule has 0 saturated carbocycles. The van der Waals surface area contributed by atoms with Crippen LogP contribution in [0, 0.1) is 6.92 Å². The summed E-state index contributed by atoms with van der Waals surface area (Å²) < 4.78 is 33.8. The van der Waals surface area contributed by atoms with Gasteiger partial charge in [0.25, 0.3) is 10.0 Å². The minimum Gasteiger partial charge on any atom is -0.497 e. The van der Waals surface area contributed by atoms with E-state index in [-0.39, 0.29) is 22.6 Å². The first kappa shape index (κ1) is 24.5. The smallest absolute Gasteiger partial charge is 0.264 e. The summed E-state index contributed by atoms with van der Waals surface area (Å²) in [6.45, 7) is 5.65. The number of aryl methyl sites for hydroxylation is 1. The molecule has 3 aromatic rings. The second kappa shape index (κ2) is 9.23. The molecule has 6 nitrogen and oxygen atoms in total. The number of ketones is 1. The van der Waals surface area contributed by atoms with E-state index >= 15 is 0 Å². The molecule has 1 aliphatic heterocycles. The van der Waals surface area contributed by atoms with Gasteiger partial charge in [-0.3, -0.25) is 9.10 Å². The van der Waals surface area contributed by atoms with Gasteiger partial charge in [0.05, 0.1) is 24.2 Å². The van der Waals surface area contributed by atoms with Gasteiger partial charge in [-0.1, -0.05) is 44.2 Å². The first-order valence-corrected chi connectivity index (χ1v) is 12.8. The highest BCUT2D eigenvalue weighted by Gasteiger charge is 2.39. The van der Waals surface area contributed by atoms with Crippen LogP contribution in [0.5, 0.6) is 5.75 Å². The Kier molecular flexibility index (Phi) is 6.47. The molecule has 0 atom stereocenters. The minimum atomic E-state index is -3.99. The maximum absolute atomic E-state index is 13.7. The van der Waals surface area contributed by atoms with Crippen molar-refractivity contribution in [3.05, 3.63) is 95.7 Å². The molecule has 0 radical (unpaired) electrons. The molecule has 0 aliphatic carbocycles. The first-order chi connectivity index (χ1) is 16.6. The van der Waals surface area contributed by atoms with Crippen LogP contribution in [0.15, 0.2) is 89.5 Å². The molecule has 0 fully saturated rings. The van der Waals surface area contributed by atoms with Gasteiger partial charge in [-0.2, -0.15) is 0 Å². The fraction of sp³-hybridized carbons (Fsp3) is 0.250. The monoisotopic (exact) mass is 490 g/mol. The molecule has 35 heavy (non-hydrogen) atoms. The van der Waals surface area contributed by atoms with E-state index in [2.05, 4.69) is 19.9 Å². The Balaban J connectivity index is 1.73. The number of hydrogen-bond donors (Lipinski definition) is 0. The summed E-state index contributed by atoms with van der Waals surface area (Å²) in [6.07, 6.45) is 1.57. The quantitative estimate of drug-likeness (QED) is 0.432. The third-order valence-electron chi connectivity index (χ3n) is 6.48. The number of para-hydroxylation sites is 1. The lowest BCUT2D eigenvalue weighted by Gasteiger charge is -2.26. The van der Waals surface area contributed by atoms with E-state index < -0.39 is 10.0 Å². The van der Waals surface area contributed by atoms with Gasteiger partial charge >= 0.3 is 0 Å². The number of methoxy groups -OCH3 is 1. The lowest BCUT2D eigenvalue weighted by Crippen LogP contribution is -2.36. The number of ether oxygens (including phenoxy) is 1. The van der Waals surface area contributed by atoms with Gasteiger partial charge < -0.3 is 9.64 Å². The van der Waals surface area contributed by atoms with E-state index in [0.717, 1.165) is 26.8 Å². The topological polar surface area (TPSA) is 66.9 Å². The Bertz CT molecular complexity index is 1390. The molecule has 1 heterocycles. The van der Waals surface area contributed by atoms with E-state index in [9.17, 15) is 13.2 Å². The molecule has 0 aromatic heterocycles. The zero-order valence-electron chi connectivity index (χ0n) is 20.6. The summed E-state index contributed by atoms with van der Waals surface area (Å²) in [5.74, 6) is 0.293. The Morgan fingerprint density at radius 2 is 1.71 bits per heavy atom. The van der Waals surface area contributed by atoms with Gasteiger partial charge in [0.1, 0.15) is 5.75 Å². The molecule has 0 bridgehead atoms. The number of hydrogen-bond acceptors (Lipinski definition) is 5. The third-order valence-corrected chi connectivity index (χ3v) is 8.25. The number of likely N-dealkylation sites (N-methyl/N-ethyl adjacent to an activating group) is 1. The molecule has 0 unspecified atom stereocenters. The molecule has 0 amide bonds. The molecule has 3 aromatic carbocycles. The number of sulfonamides is 1. The number of benzene rings is 3. The number of carbonyl (C=O) groups excluding carboxylic acids is 1. The van der Waals surface area contributed by atoms with Crippen LogP contribution in [-0.4, -0.2) is 34.9 Å². The van der Waals surface area contributed by atoms with Crippen LogP contribution in [0.3, 0.4) is 0 Å². The highest BCUT2D eigenvalue weighted by molar-refractivity contribution is 7.92. The number of carbonyl (C=O) groups is 1. The van der Waals surface area contributed by atoms with Crippen molar-refractivity contribution < 1.29 is 17.9 Å². The van der Waals surface area contributed by atoms with Gasteiger partial charge in [0, 0.05) is 29.9 Å². The molecular weight excluding hydrogens is 460 g/mol. The van der Waals surface area contributed by atoms with Crippen molar-refractivity contribution in [1.82, 2.24) is 0 Å². The molecular formula is C28H30N2O4S. The van der Waals surface area contributed by atoms with Crippen LogP contribution in [0.25, 0.3) is 0 Å². The SMILES string of the molecule is COc1ccc(N(CC(=O)/C=C2/N(C)c3ccccc3C2(C)C)S(=O)(=O)c2cccc(C)c2)cc1. The van der Waals surface area contributed by atoms with Crippen molar-refractivity contribution in [2.75, 3.05) is 29.9 Å². The predicted octanol–water partition coefficient (Wildman–Crippen LogP) is 5.08. The van der Waals surface area contributed by atoms with Gasteiger partial charge in [-0.15, -0.1) is 0 Å². The standard InChI is InChI=1S/C28H30N2O4S/c1-20-9-8-10-24(17-20)35(32,33)30(21-13-15-23(34-5)16-14-21)19-22(31)18-27-28(2,3)25-11-6-7-12-26(25)29(27)4/h6-18H,19H2,1-5H3/b27-18+. The molecule has 182 valence electrons. The minimum absolute atomic E-state index is 0.138. The molecule has 1 aliphatic rings. The van der Waals surface area contributed by atoms with Crippen molar-refractivity contribution in [2.45, 2.75) is 31.1 Å². The van der Waals surface area contributed by atoms with Crippen LogP contribution in [0.1, 0.15) is 25.0 Å². The normalized spacial score (nSPS) is 15.7. The highest BCUT2D eigenvalue weighted by atomic mass is 32.2. The van der Waals surface area contributed by atoms with Crippen molar-refractivity contribution in [3.63, 3.8) is 0 Å². The van der Waals surface area contributed by atoms with Crippen LogP contribution in [0.4, 0.5) is 11.4 Å². The van der Waals surface area contributed by atoms with Gasteiger partial charge in [0.2, 0.25) is 0 Å². The number of rotatable bonds is 7. The zero-order valence-corrected chi connectivity index (χ0v) is 21.5. The summed E-state index contributed by atoms with van der Waals surface area (Å²) in [6, 6.07) is 21.4. The van der Waals surface area contributed by atoms with Crippen LogP contribution < -0.4 is 13.9 Å². The van der Waals surface area contributed by atoms with E-state index in [1.165, 1.54) is 0 Å². The zero-order chi connectivity index (χ0) is 25.4. The van der Waals surface area contributed by atoms with Crippen molar-refractivity contribution >= 4 is 27.2 Å². The average molecular weight is 491 g/mol. The van der Waals surface area contributed by atoms with Gasteiger partial charge in [0.15, 0.2) is 5.78 Å². The average Bonchev–Trinajstić information content (AvgIpc) is 3.03. The molecule has 7 heteroatoms. The first-order valence-electron chi connectivity index (χ1n) is 11.4. The lowest BCUT2D eigenvalue weighted by atomic mass is 9.83. The van der Waals surface area contributed by atoms with Crippen LogP contribution in [0.2, 0.25) is 0 Å². The summed E-state index contributed by atoms with van der Waals surface area (Å²) in [7, 11) is -0.518. The second-order valence-electron chi connectivity index (χ2n) is 9.22. The van der Waals surface area contributed by atoms with Crippen LogP contribution >= 0.6 is 0 Å². The Morgan fingerprint density at radius 3 is 2.34 bits per heavy atom. The maximum atomic E-state index is 13.7. The summed E-state index contributed by atoms with van der Waals surface area (Å²) in [5, 5.41) is 0. The van der Waals surface area contributed by atoms with E-state index in [4.69, 9.17) is 4.74 Å². The molecule has 0 spiro atoms.